The highest BCUT2D eigenvalue weighted by atomic mass is 32.2. The number of carbonyl (C=O) groups excluding carboxylic acids is 1. The van der Waals surface area contributed by atoms with E-state index < -0.39 is 10.0 Å². The Bertz CT molecular complexity index is 1240. The van der Waals surface area contributed by atoms with E-state index in [9.17, 15) is 13.2 Å². The maximum atomic E-state index is 13.3. The molecule has 1 N–H and O–H groups in total. The molecule has 3 aromatic rings. The van der Waals surface area contributed by atoms with Gasteiger partial charge in [0.25, 0.3) is 10.0 Å². The van der Waals surface area contributed by atoms with Crippen molar-refractivity contribution in [2.75, 3.05) is 27.6 Å². The Labute approximate surface area is 191 Å². The molecule has 5 rings (SSSR count). The number of aryl methyl sites for hydroxylation is 2. The van der Waals surface area contributed by atoms with Gasteiger partial charge in [-0.2, -0.15) is 0 Å². The van der Waals surface area contributed by atoms with Crippen LogP contribution in [0.25, 0.3) is 0 Å². The minimum Gasteiger partial charge on any atom is -0.359 e. The van der Waals surface area contributed by atoms with Crippen molar-refractivity contribution < 1.29 is 13.2 Å². The van der Waals surface area contributed by atoms with Crippen molar-refractivity contribution in [1.82, 2.24) is 4.98 Å². The second-order valence-corrected chi connectivity index (χ2v) is 10.7. The average molecular weight is 469 g/mol. The lowest BCUT2D eigenvalue weighted by Crippen LogP contribution is -2.44. The molecule has 3 heterocycles. The molecule has 166 valence electrons. The summed E-state index contributed by atoms with van der Waals surface area (Å²) in [5.41, 5.74) is 4.43. The number of rotatable bonds is 5. The van der Waals surface area contributed by atoms with Crippen LogP contribution >= 0.6 is 11.3 Å². The second-order valence-electron chi connectivity index (χ2n) is 8.16. The van der Waals surface area contributed by atoms with E-state index in [0.717, 1.165) is 31.5 Å². The number of fused-ring (bicyclic) bond motifs is 1. The van der Waals surface area contributed by atoms with E-state index in [2.05, 4.69) is 39.7 Å². The van der Waals surface area contributed by atoms with E-state index in [1.807, 2.05) is 0 Å². The second kappa shape index (κ2) is 8.22. The Kier molecular flexibility index (Phi) is 5.38. The summed E-state index contributed by atoms with van der Waals surface area (Å²) in [6.45, 7) is 3.59. The van der Waals surface area contributed by atoms with Crippen LogP contribution in [-0.4, -0.2) is 38.4 Å². The van der Waals surface area contributed by atoms with Crippen LogP contribution in [-0.2, 0) is 21.2 Å². The fraction of sp³-hybridized carbons (Fsp3) is 0.304. The van der Waals surface area contributed by atoms with E-state index in [-0.39, 0.29) is 16.8 Å². The van der Waals surface area contributed by atoms with Gasteiger partial charge < -0.3 is 9.80 Å². The summed E-state index contributed by atoms with van der Waals surface area (Å²) < 4.78 is 27.6. The first-order valence-corrected chi connectivity index (χ1v) is 13.0. The fourth-order valence-corrected chi connectivity index (χ4v) is 6.33. The van der Waals surface area contributed by atoms with Gasteiger partial charge in [0.2, 0.25) is 5.91 Å². The van der Waals surface area contributed by atoms with E-state index in [4.69, 9.17) is 0 Å². The summed E-state index contributed by atoms with van der Waals surface area (Å²) in [5, 5.41) is 2.03. The molecule has 1 atom stereocenters. The number of carbonyl (C=O) groups is 1. The highest BCUT2D eigenvalue weighted by Gasteiger charge is 2.38. The third-order valence-corrected chi connectivity index (χ3v) is 8.23. The number of nitrogens with zero attached hydrogens (tertiary/aromatic N) is 3. The van der Waals surface area contributed by atoms with Gasteiger partial charge in [-0.25, -0.2) is 13.4 Å². The summed E-state index contributed by atoms with van der Waals surface area (Å²) in [7, 11) is -3.72. The predicted octanol–water partition coefficient (Wildman–Crippen LogP) is 3.81. The third kappa shape index (κ3) is 3.86. The third-order valence-electron chi connectivity index (χ3n) is 6.06. The van der Waals surface area contributed by atoms with Crippen molar-refractivity contribution in [1.29, 1.82) is 0 Å². The standard InChI is InChI=1S/C23H24N4O3S2/c1-16-4-9-20-17(15-16)3-2-12-27(20)21-10-13-26(22(21)28)18-5-7-19(8-6-18)32(29,30)25-23-24-11-14-31-23/h4-9,11,14-15,21H,2-3,10,12-13H2,1H3,(H,24,25)/t21-/m0/s1. The first kappa shape index (κ1) is 21.0. The molecule has 1 amide bonds. The highest BCUT2D eigenvalue weighted by molar-refractivity contribution is 7.93. The molecular formula is C23H24N4O3S2. The molecule has 1 aromatic heterocycles. The summed E-state index contributed by atoms with van der Waals surface area (Å²) >= 11 is 1.22. The van der Waals surface area contributed by atoms with Gasteiger partial charge in [-0.3, -0.25) is 9.52 Å². The van der Waals surface area contributed by atoms with E-state index in [1.54, 1.807) is 28.6 Å². The molecule has 7 nitrogen and oxygen atoms in total. The summed E-state index contributed by atoms with van der Waals surface area (Å²) in [5.74, 6) is 0.0648. The average Bonchev–Trinajstić information content (AvgIpc) is 3.42. The molecule has 0 unspecified atom stereocenters. The molecule has 9 heteroatoms. The van der Waals surface area contributed by atoms with Gasteiger partial charge in [0, 0.05) is 36.0 Å². The van der Waals surface area contributed by atoms with Crippen molar-refractivity contribution >= 4 is 43.8 Å². The molecule has 1 fully saturated rings. The van der Waals surface area contributed by atoms with Crippen molar-refractivity contribution in [2.45, 2.75) is 37.1 Å². The fourth-order valence-electron chi connectivity index (χ4n) is 4.54. The lowest BCUT2D eigenvalue weighted by atomic mass is 9.97. The summed E-state index contributed by atoms with van der Waals surface area (Å²) in [6, 6.07) is 12.7. The van der Waals surface area contributed by atoms with Crippen LogP contribution in [0.3, 0.4) is 0 Å². The van der Waals surface area contributed by atoms with Crippen LogP contribution in [0.1, 0.15) is 24.0 Å². The normalized spacial score (nSPS) is 18.7. The number of benzene rings is 2. The van der Waals surface area contributed by atoms with E-state index in [1.165, 1.54) is 34.6 Å². The molecule has 2 aliphatic heterocycles. The number of amides is 1. The maximum absolute atomic E-state index is 13.3. The van der Waals surface area contributed by atoms with Crippen LogP contribution < -0.4 is 14.5 Å². The molecule has 0 spiro atoms. The van der Waals surface area contributed by atoms with Crippen molar-refractivity contribution in [3.63, 3.8) is 0 Å². The first-order valence-electron chi connectivity index (χ1n) is 10.6. The monoisotopic (exact) mass is 468 g/mol. The SMILES string of the molecule is Cc1ccc2c(c1)CCCN2[C@H]1CCN(c2ccc(S(=O)(=O)Nc3nccs3)cc2)C1=O. The minimum absolute atomic E-state index is 0.0648. The Morgan fingerprint density at radius 2 is 1.94 bits per heavy atom. The topological polar surface area (TPSA) is 82.6 Å². The lowest BCUT2D eigenvalue weighted by Gasteiger charge is -2.35. The molecule has 0 bridgehead atoms. The minimum atomic E-state index is -3.72. The maximum Gasteiger partial charge on any atom is 0.263 e. The Morgan fingerprint density at radius 1 is 1.12 bits per heavy atom. The zero-order valence-corrected chi connectivity index (χ0v) is 19.3. The predicted molar refractivity (Wildman–Crippen MR) is 127 cm³/mol. The van der Waals surface area contributed by atoms with Crippen LogP contribution in [0.5, 0.6) is 0 Å². The van der Waals surface area contributed by atoms with Crippen molar-refractivity contribution in [2.24, 2.45) is 0 Å². The highest BCUT2D eigenvalue weighted by Crippen LogP contribution is 2.34. The summed E-state index contributed by atoms with van der Waals surface area (Å²) in [6.07, 6.45) is 4.38. The van der Waals surface area contributed by atoms with Crippen molar-refractivity contribution in [3.05, 3.63) is 65.2 Å². The Balaban J connectivity index is 1.34. The molecule has 1 saturated heterocycles. The lowest BCUT2D eigenvalue weighted by molar-refractivity contribution is -0.118. The number of hydrogen-bond donors (Lipinski definition) is 1. The number of hydrogen-bond acceptors (Lipinski definition) is 6. The molecule has 2 aromatic carbocycles. The quantitative estimate of drug-likeness (QED) is 0.616. The van der Waals surface area contributed by atoms with Gasteiger partial charge in [-0.1, -0.05) is 17.7 Å². The van der Waals surface area contributed by atoms with Gasteiger partial charge in [0.05, 0.1) is 4.90 Å². The van der Waals surface area contributed by atoms with Crippen LogP contribution in [0.2, 0.25) is 0 Å². The smallest absolute Gasteiger partial charge is 0.263 e. The summed E-state index contributed by atoms with van der Waals surface area (Å²) in [4.78, 5) is 21.4. The van der Waals surface area contributed by atoms with E-state index in [0.29, 0.717) is 17.4 Å². The molecule has 32 heavy (non-hydrogen) atoms. The molecule has 0 radical (unpaired) electrons. The van der Waals surface area contributed by atoms with Gasteiger partial charge in [-0.05, 0) is 62.1 Å². The van der Waals surface area contributed by atoms with E-state index >= 15 is 0 Å². The number of thiazole rings is 1. The molecular weight excluding hydrogens is 444 g/mol. The van der Waals surface area contributed by atoms with Crippen LogP contribution in [0, 0.1) is 6.92 Å². The molecule has 2 aliphatic rings. The number of sulfonamides is 1. The van der Waals surface area contributed by atoms with Gasteiger partial charge in [0.1, 0.15) is 6.04 Å². The molecule has 0 aliphatic carbocycles. The van der Waals surface area contributed by atoms with Crippen molar-refractivity contribution in [3.8, 4) is 0 Å². The number of anilines is 3. The van der Waals surface area contributed by atoms with Gasteiger partial charge >= 0.3 is 0 Å². The zero-order chi connectivity index (χ0) is 22.3. The van der Waals surface area contributed by atoms with Gasteiger partial charge in [0.15, 0.2) is 5.13 Å². The number of nitrogens with one attached hydrogen (secondary N) is 1. The molecule has 0 saturated carbocycles. The first-order chi connectivity index (χ1) is 15.4. The largest absolute Gasteiger partial charge is 0.359 e. The Hall–Kier alpha value is -2.91. The van der Waals surface area contributed by atoms with Crippen LogP contribution in [0.15, 0.2) is 58.9 Å². The zero-order valence-electron chi connectivity index (χ0n) is 17.7. The van der Waals surface area contributed by atoms with Crippen LogP contribution in [0.4, 0.5) is 16.5 Å². The van der Waals surface area contributed by atoms with Gasteiger partial charge in [-0.15, -0.1) is 11.3 Å². The number of aromatic nitrogens is 1. The Morgan fingerprint density at radius 3 is 2.69 bits per heavy atom.